The summed E-state index contributed by atoms with van der Waals surface area (Å²) in [4.78, 5) is 2.36. The lowest BCUT2D eigenvalue weighted by Crippen LogP contribution is -2.33. The summed E-state index contributed by atoms with van der Waals surface area (Å²) in [5.41, 5.74) is 5.25. The predicted octanol–water partition coefficient (Wildman–Crippen LogP) is 1.33. The SMILES string of the molecule is CC.CN1CCCC1.NCC1COC1. The van der Waals surface area contributed by atoms with Gasteiger partial charge in [-0.05, 0) is 39.5 Å². The molecule has 0 bridgehead atoms. The molecule has 2 aliphatic rings. The summed E-state index contributed by atoms with van der Waals surface area (Å²) in [5, 5.41) is 0. The first-order valence-corrected chi connectivity index (χ1v) is 5.79. The van der Waals surface area contributed by atoms with Gasteiger partial charge in [-0.3, -0.25) is 0 Å². The molecule has 0 radical (unpaired) electrons. The van der Waals surface area contributed by atoms with Crippen molar-refractivity contribution in [3.63, 3.8) is 0 Å². The second-order valence-electron chi connectivity index (χ2n) is 3.65. The van der Waals surface area contributed by atoms with Crippen LogP contribution in [-0.2, 0) is 4.74 Å². The van der Waals surface area contributed by atoms with Crippen molar-refractivity contribution in [1.82, 2.24) is 4.90 Å². The van der Waals surface area contributed by atoms with Crippen LogP contribution in [0.5, 0.6) is 0 Å². The molecule has 14 heavy (non-hydrogen) atoms. The third kappa shape index (κ3) is 6.35. The zero-order chi connectivity index (χ0) is 10.8. The molecule has 2 saturated heterocycles. The summed E-state index contributed by atoms with van der Waals surface area (Å²) >= 11 is 0. The van der Waals surface area contributed by atoms with Gasteiger partial charge in [0.05, 0.1) is 13.2 Å². The first kappa shape index (κ1) is 13.9. The molecule has 2 N–H and O–H groups in total. The number of nitrogens with zero attached hydrogens (tertiary/aromatic N) is 1. The van der Waals surface area contributed by atoms with Crippen LogP contribution in [0.1, 0.15) is 26.7 Å². The Labute approximate surface area is 88.6 Å². The summed E-state index contributed by atoms with van der Waals surface area (Å²) in [6.07, 6.45) is 2.83. The predicted molar refractivity (Wildman–Crippen MR) is 61.4 cm³/mol. The lowest BCUT2D eigenvalue weighted by atomic mass is 10.1. The summed E-state index contributed by atoms with van der Waals surface area (Å²) in [6.45, 7) is 9.20. The number of ether oxygens (including phenoxy) is 1. The Balaban J connectivity index is 0.000000206. The fourth-order valence-electron chi connectivity index (χ4n) is 1.30. The van der Waals surface area contributed by atoms with E-state index in [0.717, 1.165) is 19.8 Å². The van der Waals surface area contributed by atoms with Crippen molar-refractivity contribution in [3.05, 3.63) is 0 Å². The Kier molecular flexibility index (Phi) is 9.35. The van der Waals surface area contributed by atoms with Gasteiger partial charge in [0.1, 0.15) is 0 Å². The van der Waals surface area contributed by atoms with E-state index >= 15 is 0 Å². The van der Waals surface area contributed by atoms with Gasteiger partial charge < -0.3 is 15.4 Å². The molecule has 2 heterocycles. The highest BCUT2D eigenvalue weighted by molar-refractivity contribution is 4.64. The van der Waals surface area contributed by atoms with Crippen LogP contribution < -0.4 is 5.73 Å². The average Bonchev–Trinajstić information content (AvgIpc) is 2.59. The smallest absolute Gasteiger partial charge is 0.0528 e. The zero-order valence-electron chi connectivity index (χ0n) is 9.96. The maximum atomic E-state index is 5.25. The molecule has 0 saturated carbocycles. The molecule has 0 amide bonds. The van der Waals surface area contributed by atoms with Gasteiger partial charge >= 0.3 is 0 Å². The minimum absolute atomic E-state index is 0.671. The topological polar surface area (TPSA) is 38.5 Å². The summed E-state index contributed by atoms with van der Waals surface area (Å²) in [5.74, 6) is 0.671. The summed E-state index contributed by atoms with van der Waals surface area (Å²) < 4.78 is 4.85. The molecule has 0 atom stereocenters. The molecule has 2 rings (SSSR count). The van der Waals surface area contributed by atoms with Gasteiger partial charge in [0.15, 0.2) is 0 Å². The number of hydrogen-bond donors (Lipinski definition) is 1. The minimum Gasteiger partial charge on any atom is -0.381 e. The van der Waals surface area contributed by atoms with Crippen molar-refractivity contribution in [2.24, 2.45) is 11.7 Å². The fourth-order valence-corrected chi connectivity index (χ4v) is 1.30. The number of rotatable bonds is 1. The second-order valence-corrected chi connectivity index (χ2v) is 3.65. The first-order chi connectivity index (χ1) is 6.83. The van der Waals surface area contributed by atoms with E-state index < -0.39 is 0 Å². The van der Waals surface area contributed by atoms with E-state index in [4.69, 9.17) is 10.5 Å². The van der Waals surface area contributed by atoms with Gasteiger partial charge in [-0.1, -0.05) is 13.8 Å². The highest BCUT2D eigenvalue weighted by Crippen LogP contribution is 2.05. The van der Waals surface area contributed by atoms with E-state index in [-0.39, 0.29) is 0 Å². The number of likely N-dealkylation sites (tertiary alicyclic amines) is 1. The minimum atomic E-state index is 0.671. The molecular formula is C11H26N2O. The second kappa shape index (κ2) is 9.44. The Hall–Kier alpha value is -0.120. The molecule has 0 aromatic heterocycles. The molecule has 3 nitrogen and oxygen atoms in total. The van der Waals surface area contributed by atoms with Crippen molar-refractivity contribution in [3.8, 4) is 0 Å². The molecule has 0 unspecified atom stereocenters. The number of hydrogen-bond acceptors (Lipinski definition) is 3. The molecule has 0 spiro atoms. The quantitative estimate of drug-likeness (QED) is 0.697. The molecule has 0 aromatic carbocycles. The largest absolute Gasteiger partial charge is 0.381 e. The Morgan fingerprint density at radius 2 is 1.71 bits per heavy atom. The lowest BCUT2D eigenvalue weighted by Gasteiger charge is -2.23. The van der Waals surface area contributed by atoms with Crippen molar-refractivity contribution in [2.45, 2.75) is 26.7 Å². The maximum absolute atomic E-state index is 5.25. The lowest BCUT2D eigenvalue weighted by molar-refractivity contribution is -0.0268. The maximum Gasteiger partial charge on any atom is 0.0528 e. The standard InChI is InChI=1S/C5H11N.C4H9NO.C2H6/c1-6-4-2-3-5-6;5-1-4-2-6-3-4;1-2/h2-5H2,1H3;4H,1-3,5H2;1-2H3. The van der Waals surface area contributed by atoms with Gasteiger partial charge in [0.25, 0.3) is 0 Å². The zero-order valence-corrected chi connectivity index (χ0v) is 9.96. The van der Waals surface area contributed by atoms with Crippen molar-refractivity contribution in [1.29, 1.82) is 0 Å². The van der Waals surface area contributed by atoms with E-state index in [1.807, 2.05) is 13.8 Å². The van der Waals surface area contributed by atoms with E-state index in [0.29, 0.717) is 5.92 Å². The van der Waals surface area contributed by atoms with E-state index in [2.05, 4.69) is 11.9 Å². The monoisotopic (exact) mass is 202 g/mol. The van der Waals surface area contributed by atoms with Gasteiger partial charge in [-0.2, -0.15) is 0 Å². The molecule has 0 aliphatic carbocycles. The fraction of sp³-hybridized carbons (Fsp3) is 1.00. The van der Waals surface area contributed by atoms with Gasteiger partial charge in [-0.15, -0.1) is 0 Å². The molecule has 3 heteroatoms. The molecule has 0 aromatic rings. The Morgan fingerprint density at radius 3 is 1.79 bits per heavy atom. The summed E-state index contributed by atoms with van der Waals surface area (Å²) in [6, 6.07) is 0. The average molecular weight is 202 g/mol. The van der Waals surface area contributed by atoms with Gasteiger partial charge in [0.2, 0.25) is 0 Å². The van der Waals surface area contributed by atoms with Crippen LogP contribution in [0.2, 0.25) is 0 Å². The molecule has 2 aliphatic heterocycles. The summed E-state index contributed by atoms with van der Waals surface area (Å²) in [7, 11) is 2.17. The van der Waals surface area contributed by atoms with E-state index in [9.17, 15) is 0 Å². The molecule has 86 valence electrons. The Bertz CT molecular complexity index is 107. The van der Waals surface area contributed by atoms with Crippen LogP contribution >= 0.6 is 0 Å². The van der Waals surface area contributed by atoms with Crippen LogP contribution in [-0.4, -0.2) is 44.8 Å². The van der Waals surface area contributed by atoms with Crippen LogP contribution in [0.15, 0.2) is 0 Å². The number of nitrogens with two attached hydrogens (primary N) is 1. The van der Waals surface area contributed by atoms with Crippen molar-refractivity contribution < 1.29 is 4.74 Å². The Morgan fingerprint density at radius 1 is 1.21 bits per heavy atom. The normalized spacial score (nSPS) is 21.4. The highest BCUT2D eigenvalue weighted by atomic mass is 16.5. The van der Waals surface area contributed by atoms with Crippen LogP contribution in [0.25, 0.3) is 0 Å². The van der Waals surface area contributed by atoms with Crippen LogP contribution in [0.4, 0.5) is 0 Å². The van der Waals surface area contributed by atoms with Gasteiger partial charge in [0, 0.05) is 5.92 Å². The third-order valence-corrected chi connectivity index (χ3v) is 2.37. The first-order valence-electron chi connectivity index (χ1n) is 5.79. The van der Waals surface area contributed by atoms with Crippen molar-refractivity contribution in [2.75, 3.05) is 39.9 Å². The van der Waals surface area contributed by atoms with Crippen LogP contribution in [0.3, 0.4) is 0 Å². The van der Waals surface area contributed by atoms with E-state index in [1.54, 1.807) is 0 Å². The highest BCUT2D eigenvalue weighted by Gasteiger charge is 2.14. The third-order valence-electron chi connectivity index (χ3n) is 2.37. The molecule has 2 fully saturated rings. The molecular weight excluding hydrogens is 176 g/mol. The van der Waals surface area contributed by atoms with Crippen molar-refractivity contribution >= 4 is 0 Å². The van der Waals surface area contributed by atoms with Gasteiger partial charge in [-0.25, -0.2) is 0 Å². The van der Waals surface area contributed by atoms with Crippen LogP contribution in [0, 0.1) is 5.92 Å². The van der Waals surface area contributed by atoms with E-state index in [1.165, 1.54) is 25.9 Å².